The zero-order valence-corrected chi connectivity index (χ0v) is 82.7. The topological polar surface area (TPSA) is 410 Å². The van der Waals surface area contributed by atoms with Gasteiger partial charge in [-0.25, -0.2) is 0 Å². The molecule has 4 fully saturated rings. The molecule has 0 aromatic heterocycles. The molecule has 4 saturated heterocycles. The third kappa shape index (κ3) is 112. The van der Waals surface area contributed by atoms with E-state index in [9.17, 15) is 0 Å². The van der Waals surface area contributed by atoms with Gasteiger partial charge in [0.2, 0.25) is 0 Å². The number of thioether (sulfide) groups is 1. The van der Waals surface area contributed by atoms with Crippen LogP contribution in [0.4, 0.5) is 0 Å². The monoisotopic (exact) mass is 1730 g/mol. The number of nitrogens with zero attached hydrogens (tertiary/aromatic N) is 5. The number of unbranched alkanes of at least 4 members (excludes halogenated alkanes) is 1. The molecule has 23 N–H and O–H groups in total. The van der Waals surface area contributed by atoms with E-state index in [1.54, 1.807) is 11.8 Å². The molecule has 2 unspecified atom stereocenters. The van der Waals surface area contributed by atoms with Gasteiger partial charge in [0.05, 0.1) is 72.7 Å². The van der Waals surface area contributed by atoms with E-state index in [-0.39, 0.29) is 0 Å². The van der Waals surface area contributed by atoms with Crippen LogP contribution >= 0.6 is 11.8 Å². The summed E-state index contributed by atoms with van der Waals surface area (Å²) in [6, 6.07) is 4.14. The number of hydrogen-bond acceptors (Lipinski definition) is 32. The van der Waals surface area contributed by atoms with Gasteiger partial charge in [0.15, 0.2) is 0 Å². The molecule has 4 rings (SSSR count). The normalized spacial score (nSPS) is 15.9. The van der Waals surface area contributed by atoms with Crippen molar-refractivity contribution in [1.82, 2.24) is 61.7 Å². The maximum absolute atomic E-state index is 5.65. The second kappa shape index (κ2) is 113. The summed E-state index contributed by atoms with van der Waals surface area (Å²) in [6.45, 7) is 71.6. The molecule has 2 atom stereocenters. The molecule has 0 saturated carbocycles. The summed E-state index contributed by atoms with van der Waals surface area (Å²) < 4.78 is 60.1. The van der Waals surface area contributed by atoms with Crippen molar-refractivity contribution in [3.8, 4) is 0 Å². The van der Waals surface area contributed by atoms with Gasteiger partial charge < -0.3 is 148 Å². The second-order valence-electron chi connectivity index (χ2n) is 28.7. The van der Waals surface area contributed by atoms with Gasteiger partial charge in [-0.3, -0.25) is 9.80 Å². The Balaban J connectivity index is -0.000000185. The van der Waals surface area contributed by atoms with Gasteiger partial charge in [-0.15, -0.1) is 0 Å². The summed E-state index contributed by atoms with van der Waals surface area (Å²) in [5, 5.41) is 22.1. The number of likely N-dealkylation sites (N-methyl/N-ethyl adjacent to an activating group) is 5. The molecule has 4 aliphatic rings. The van der Waals surface area contributed by atoms with Crippen molar-refractivity contribution in [3.63, 3.8) is 0 Å². The van der Waals surface area contributed by atoms with Crippen LogP contribution in [0.2, 0.25) is 18.6 Å². The number of likely N-dealkylation sites (tertiary alicyclic amines) is 2. The van der Waals surface area contributed by atoms with Gasteiger partial charge in [0.1, 0.15) is 0 Å². The lowest BCUT2D eigenvalue weighted by molar-refractivity contribution is 0.0482. The van der Waals surface area contributed by atoms with E-state index in [0.29, 0.717) is 64.3 Å². The molecule has 34 heteroatoms. The Kier molecular flexibility index (Phi) is 127. The minimum atomic E-state index is -2.40. The van der Waals surface area contributed by atoms with Crippen molar-refractivity contribution in [2.45, 2.75) is 198 Å². The Morgan fingerprint density at radius 3 is 1.22 bits per heavy atom. The van der Waals surface area contributed by atoms with Crippen LogP contribution in [0.1, 0.15) is 155 Å². The molecular weight excluding hydrogens is 1530 g/mol. The van der Waals surface area contributed by atoms with E-state index in [1.165, 1.54) is 71.2 Å². The fraction of sp³-hybridized carbons (Fsp3) is 1.00. The quantitative estimate of drug-likeness (QED) is 0.0300. The van der Waals surface area contributed by atoms with E-state index in [4.69, 9.17) is 96.4 Å². The predicted molar refractivity (Wildman–Crippen MR) is 507 cm³/mol. The predicted octanol–water partition coefficient (Wildman–Crippen LogP) is 4.17. The van der Waals surface area contributed by atoms with Crippen LogP contribution in [0.3, 0.4) is 0 Å². The third-order valence-corrected chi connectivity index (χ3v) is 23.9. The molecule has 712 valence electrons. The average Bonchev–Trinajstić information content (AvgIpc) is 1.17. The van der Waals surface area contributed by atoms with Gasteiger partial charge >= 0.3 is 17.4 Å². The number of nitrogens with two attached hydrogens (primary N) is 8. The van der Waals surface area contributed by atoms with E-state index in [2.05, 4.69) is 124 Å². The molecule has 0 aromatic rings. The minimum Gasteiger partial charge on any atom is -0.395 e. The highest BCUT2D eigenvalue weighted by Crippen LogP contribution is 2.18. The Morgan fingerprint density at radius 2 is 0.905 bits per heavy atom. The standard InChI is InChI=1S/C10H22N2O3.C9H23NO3Si.C9H21NO2.C8H20N2.C8H21NO2Si.C7H16N2.C6H16N2O.C6H14N2.C6H16N2.C5H12N2.C5H14N2.C3H9NS/c1-5-13-6-2-12-4-8-15-10-9-14-7-3-11-1;1-4-11-14(12-5-2,13-6-3)9-7-8-10;1-3-4-6-11-8-9-12-7-5-10-2;1-7(2)10(6-5-9)8(3)4;1-4-10-12(3,11-5-2)8-6-7-9;1-7-3-2-5-9(7)6-4-8;1-7-3-5-9-6-4-8-2;7-3-6-8-4-1-2-5-8;1-3-8(4-2)6-5-7;1-2-6-4-5-7-3-1;1-5(6)4-7(2)3;1-5-3-2-4/h11-12H,1-10H2;4-10H2,1-3H3;10H,3-9H2,1-2H3;7-8H,5-6,9H2,1-4H3;4-9H2,1-3H3;7H,2-6,8H2,1H3;7-8H,3-6H2,1-2H3;1-7H2;3-7H2,1-2H3;6-7H,1-5H2;5H,4,6H2,1-3H3;2-4H2,1H3. The van der Waals surface area contributed by atoms with Crippen molar-refractivity contribution in [3.05, 3.63) is 0 Å². The van der Waals surface area contributed by atoms with Gasteiger partial charge in [-0.05, 0) is 241 Å². The highest BCUT2D eigenvalue weighted by atomic mass is 32.2. The fourth-order valence-electron chi connectivity index (χ4n) is 11.1. The van der Waals surface area contributed by atoms with E-state index >= 15 is 0 Å². The summed E-state index contributed by atoms with van der Waals surface area (Å²) in [5.41, 5.74) is 43.1. The Bertz CT molecular complexity index is 1560. The lowest BCUT2D eigenvalue weighted by atomic mass is 10.2. The zero-order valence-electron chi connectivity index (χ0n) is 79.9. The van der Waals surface area contributed by atoms with Crippen molar-refractivity contribution >= 4 is 29.1 Å². The van der Waals surface area contributed by atoms with Crippen molar-refractivity contribution < 1.29 is 50.6 Å². The molecule has 0 aromatic carbocycles. The molecule has 31 nitrogen and oxygen atoms in total. The van der Waals surface area contributed by atoms with E-state index in [0.717, 1.165) is 260 Å². The van der Waals surface area contributed by atoms with E-state index < -0.39 is 17.4 Å². The summed E-state index contributed by atoms with van der Waals surface area (Å²) in [7, 11) is 5.54. The summed E-state index contributed by atoms with van der Waals surface area (Å²) >= 11 is 1.78. The minimum absolute atomic E-state index is 0.301. The summed E-state index contributed by atoms with van der Waals surface area (Å²) in [4.78, 5) is 11.6. The highest BCUT2D eigenvalue weighted by Gasteiger charge is 2.39. The lowest BCUT2D eigenvalue weighted by Crippen LogP contribution is -2.46. The van der Waals surface area contributed by atoms with E-state index in [1.807, 2.05) is 83.0 Å². The average molecular weight is 1730 g/mol. The second-order valence-corrected chi connectivity index (χ2v) is 35.7. The molecule has 0 bridgehead atoms. The molecule has 0 aliphatic carbocycles. The van der Waals surface area contributed by atoms with Crippen molar-refractivity contribution in [2.24, 2.45) is 45.9 Å². The van der Waals surface area contributed by atoms with Crippen LogP contribution in [0.5, 0.6) is 0 Å². The highest BCUT2D eigenvalue weighted by molar-refractivity contribution is 7.98. The number of nitrogens with one attached hydrogen (secondary N) is 7. The Hall–Kier alpha value is -0.456. The molecule has 4 aliphatic heterocycles. The van der Waals surface area contributed by atoms with Crippen LogP contribution in [0.15, 0.2) is 0 Å². The molecule has 4 heterocycles. The first-order chi connectivity index (χ1) is 56.0. The molecular formula is C82H204N20O11SSi2. The maximum Gasteiger partial charge on any atom is 0.500 e. The van der Waals surface area contributed by atoms with Crippen LogP contribution in [0, 0.1) is 0 Å². The van der Waals surface area contributed by atoms with Crippen molar-refractivity contribution in [1.29, 1.82) is 0 Å². The van der Waals surface area contributed by atoms with Crippen LogP contribution in [-0.2, 0) is 50.6 Å². The Morgan fingerprint density at radius 1 is 0.483 bits per heavy atom. The molecule has 0 radical (unpaired) electrons. The van der Waals surface area contributed by atoms with Gasteiger partial charge in [0.25, 0.3) is 0 Å². The van der Waals surface area contributed by atoms with Crippen LogP contribution in [-0.4, -0.2) is 409 Å². The fourth-order valence-corrected chi connectivity index (χ4v) is 16.4. The van der Waals surface area contributed by atoms with Crippen molar-refractivity contribution in [2.75, 3.05) is 343 Å². The lowest BCUT2D eigenvalue weighted by Gasteiger charge is -2.29. The zero-order chi connectivity index (χ0) is 88.9. The van der Waals surface area contributed by atoms with Gasteiger partial charge in [-0.1, -0.05) is 27.2 Å². The third-order valence-electron chi connectivity index (χ3n) is 17.0. The van der Waals surface area contributed by atoms with Crippen LogP contribution in [0.25, 0.3) is 0 Å². The Labute approximate surface area is 723 Å². The molecule has 116 heavy (non-hydrogen) atoms. The number of hydrogen-bond donors (Lipinski definition) is 15. The van der Waals surface area contributed by atoms with Gasteiger partial charge in [-0.2, -0.15) is 11.8 Å². The summed E-state index contributed by atoms with van der Waals surface area (Å²) in [6.07, 6.45) is 13.0. The largest absolute Gasteiger partial charge is 0.500 e. The number of rotatable bonds is 47. The first-order valence-corrected chi connectivity index (χ1v) is 51.0. The maximum atomic E-state index is 5.65. The van der Waals surface area contributed by atoms with Gasteiger partial charge in [0, 0.05) is 200 Å². The molecule has 0 spiro atoms. The first kappa shape index (κ1) is 131. The first-order valence-electron chi connectivity index (χ1n) is 45.2. The van der Waals surface area contributed by atoms with Crippen LogP contribution < -0.4 is 83.1 Å². The number of ether oxygens (including phenoxy) is 6. The smallest absolute Gasteiger partial charge is 0.395 e. The SMILES string of the molecule is C1CNCCNC1.C1COCCNCCOCCOCCN1.CC(C)N(CCN)C(C)C.CC(N)CN(C)C.CC1CCCN1CCN.CCCCOCCOCCNC.CCN(CC)CCN.CCO[Si](C)(CCCN)OCC.CCO[Si](CCCN)(OCC)OCC.CNCCOCCNC.CSCCN.NCCN1CCCC1. The molecule has 0 amide bonds. The summed E-state index contributed by atoms with van der Waals surface area (Å²) in [5.74, 6) is 1.08.